The third kappa shape index (κ3) is 4.37. The summed E-state index contributed by atoms with van der Waals surface area (Å²) in [6.07, 6.45) is 5.13. The molecule has 0 spiro atoms. The monoisotopic (exact) mass is 322 g/mol. The quantitative estimate of drug-likeness (QED) is 0.828. The maximum Gasteiger partial charge on any atom is 0.253 e. The van der Waals surface area contributed by atoms with Gasteiger partial charge in [0.2, 0.25) is 5.91 Å². The van der Waals surface area contributed by atoms with Crippen LogP contribution in [0.1, 0.15) is 26.3 Å². The first kappa shape index (κ1) is 17.1. The van der Waals surface area contributed by atoms with E-state index in [0.29, 0.717) is 23.4 Å². The number of hydrogen-bond donors (Lipinski definition) is 1. The van der Waals surface area contributed by atoms with E-state index < -0.39 is 5.91 Å². The lowest BCUT2D eigenvalue weighted by atomic mass is 10.1. The Kier molecular flexibility index (Phi) is 5.58. The van der Waals surface area contributed by atoms with Crippen molar-refractivity contribution in [2.75, 3.05) is 13.7 Å². The third-order valence-corrected chi connectivity index (χ3v) is 3.40. The molecule has 24 heavy (non-hydrogen) atoms. The number of terminal acetylenes is 1. The van der Waals surface area contributed by atoms with Gasteiger partial charge in [-0.15, -0.1) is 6.42 Å². The molecule has 0 aliphatic carbocycles. The normalized spacial score (nSPS) is 9.83. The van der Waals surface area contributed by atoms with Crippen LogP contribution in [-0.2, 0) is 6.54 Å². The van der Waals surface area contributed by atoms with Crippen LogP contribution in [0.15, 0.2) is 48.5 Å². The van der Waals surface area contributed by atoms with Crippen molar-refractivity contribution in [3.8, 4) is 18.1 Å². The Morgan fingerprint density at radius 3 is 2.50 bits per heavy atom. The van der Waals surface area contributed by atoms with Crippen LogP contribution in [-0.4, -0.2) is 30.4 Å². The number of rotatable bonds is 6. The summed E-state index contributed by atoms with van der Waals surface area (Å²) in [5, 5.41) is 0. The summed E-state index contributed by atoms with van der Waals surface area (Å²) in [6.45, 7) is 0.554. The van der Waals surface area contributed by atoms with Crippen LogP contribution in [0.3, 0.4) is 0 Å². The largest absolute Gasteiger partial charge is 0.481 e. The molecule has 0 saturated heterocycles. The minimum atomic E-state index is -0.492. The molecule has 2 amide bonds. The van der Waals surface area contributed by atoms with Gasteiger partial charge in [0.05, 0.1) is 0 Å². The average molecular weight is 322 g/mol. The molecular formula is C19H18N2O3. The minimum Gasteiger partial charge on any atom is -0.481 e. The molecular weight excluding hydrogens is 304 g/mol. The fourth-order valence-electron chi connectivity index (χ4n) is 2.21. The second-order valence-electron chi connectivity index (χ2n) is 5.24. The van der Waals surface area contributed by atoms with Crippen molar-refractivity contribution in [2.45, 2.75) is 6.54 Å². The molecule has 2 rings (SSSR count). The molecule has 5 heteroatoms. The zero-order valence-electron chi connectivity index (χ0n) is 13.4. The highest BCUT2D eigenvalue weighted by atomic mass is 16.5. The highest BCUT2D eigenvalue weighted by Crippen LogP contribution is 2.15. The number of benzene rings is 2. The number of nitrogens with two attached hydrogens (primary N) is 1. The van der Waals surface area contributed by atoms with Gasteiger partial charge in [-0.1, -0.05) is 18.1 Å². The van der Waals surface area contributed by atoms with Crippen LogP contribution in [0.5, 0.6) is 5.75 Å². The third-order valence-electron chi connectivity index (χ3n) is 3.40. The van der Waals surface area contributed by atoms with Gasteiger partial charge in [-0.25, -0.2) is 0 Å². The Morgan fingerprint density at radius 1 is 1.17 bits per heavy atom. The molecule has 0 saturated carbocycles. The van der Waals surface area contributed by atoms with E-state index in [1.807, 2.05) is 6.07 Å². The maximum atomic E-state index is 12.5. The topological polar surface area (TPSA) is 72.6 Å². The molecule has 0 radical (unpaired) electrons. The molecule has 2 aromatic rings. The van der Waals surface area contributed by atoms with Crippen LogP contribution in [0.25, 0.3) is 0 Å². The van der Waals surface area contributed by atoms with E-state index in [2.05, 4.69) is 5.92 Å². The van der Waals surface area contributed by atoms with Crippen LogP contribution < -0.4 is 10.5 Å². The van der Waals surface area contributed by atoms with E-state index in [0.717, 1.165) is 5.56 Å². The van der Waals surface area contributed by atoms with Crippen molar-refractivity contribution >= 4 is 11.8 Å². The molecule has 0 atom stereocenters. The molecule has 0 heterocycles. The van der Waals surface area contributed by atoms with E-state index in [1.165, 1.54) is 0 Å². The van der Waals surface area contributed by atoms with Crippen molar-refractivity contribution in [3.05, 3.63) is 65.2 Å². The van der Waals surface area contributed by atoms with Crippen molar-refractivity contribution < 1.29 is 14.3 Å². The molecule has 0 bridgehead atoms. The Morgan fingerprint density at radius 2 is 1.88 bits per heavy atom. The van der Waals surface area contributed by atoms with Gasteiger partial charge in [0, 0.05) is 24.7 Å². The number of primary amides is 1. The number of amides is 2. The number of carbonyl (C=O) groups excluding carboxylic acids is 2. The van der Waals surface area contributed by atoms with Crippen LogP contribution in [0.2, 0.25) is 0 Å². The smallest absolute Gasteiger partial charge is 0.253 e. The summed E-state index contributed by atoms with van der Waals surface area (Å²) in [4.78, 5) is 25.2. The lowest BCUT2D eigenvalue weighted by molar-refractivity contribution is 0.0785. The van der Waals surface area contributed by atoms with Gasteiger partial charge in [0.1, 0.15) is 12.4 Å². The predicted octanol–water partition coefficient (Wildman–Crippen LogP) is 2.07. The Hall–Kier alpha value is -3.26. The first-order valence-electron chi connectivity index (χ1n) is 7.32. The van der Waals surface area contributed by atoms with E-state index >= 15 is 0 Å². The van der Waals surface area contributed by atoms with Gasteiger partial charge in [-0.3, -0.25) is 9.59 Å². The maximum absolute atomic E-state index is 12.5. The molecule has 0 aliphatic heterocycles. The van der Waals surface area contributed by atoms with E-state index in [1.54, 1.807) is 54.4 Å². The summed E-state index contributed by atoms with van der Waals surface area (Å²) in [5.74, 6) is 2.37. The molecule has 0 unspecified atom stereocenters. The van der Waals surface area contributed by atoms with E-state index in [9.17, 15) is 9.59 Å². The van der Waals surface area contributed by atoms with Crippen molar-refractivity contribution in [1.82, 2.24) is 4.90 Å². The van der Waals surface area contributed by atoms with Gasteiger partial charge in [-0.05, 0) is 42.0 Å². The number of nitrogens with zero attached hydrogens (tertiary/aromatic N) is 1. The number of ether oxygens (including phenoxy) is 1. The molecule has 2 aromatic carbocycles. The van der Waals surface area contributed by atoms with Gasteiger partial charge in [0.25, 0.3) is 5.91 Å². The average Bonchev–Trinajstić information content (AvgIpc) is 2.60. The number of hydrogen-bond acceptors (Lipinski definition) is 3. The van der Waals surface area contributed by atoms with E-state index in [-0.39, 0.29) is 12.5 Å². The summed E-state index contributed by atoms with van der Waals surface area (Å²) in [6, 6.07) is 13.7. The van der Waals surface area contributed by atoms with E-state index in [4.69, 9.17) is 16.9 Å². The highest BCUT2D eigenvalue weighted by molar-refractivity contribution is 5.94. The Balaban J connectivity index is 2.05. The predicted molar refractivity (Wildman–Crippen MR) is 91.5 cm³/mol. The molecule has 0 aromatic heterocycles. The van der Waals surface area contributed by atoms with Gasteiger partial charge in [0.15, 0.2) is 0 Å². The fourth-order valence-corrected chi connectivity index (χ4v) is 2.21. The van der Waals surface area contributed by atoms with Gasteiger partial charge >= 0.3 is 0 Å². The van der Waals surface area contributed by atoms with Crippen LogP contribution in [0, 0.1) is 12.3 Å². The molecule has 122 valence electrons. The van der Waals surface area contributed by atoms with Crippen LogP contribution >= 0.6 is 0 Å². The lowest BCUT2D eigenvalue weighted by Gasteiger charge is -2.18. The summed E-state index contributed by atoms with van der Waals surface area (Å²) in [5.41, 5.74) is 7.06. The molecule has 2 N–H and O–H groups in total. The Labute approximate surface area is 141 Å². The van der Waals surface area contributed by atoms with Gasteiger partial charge < -0.3 is 15.4 Å². The minimum absolute atomic E-state index is 0.136. The molecule has 0 aliphatic rings. The fraction of sp³-hybridized carbons (Fsp3) is 0.158. The van der Waals surface area contributed by atoms with Crippen LogP contribution in [0.4, 0.5) is 0 Å². The summed E-state index contributed by atoms with van der Waals surface area (Å²) >= 11 is 0. The first-order valence-corrected chi connectivity index (χ1v) is 7.32. The summed E-state index contributed by atoms with van der Waals surface area (Å²) in [7, 11) is 1.70. The first-order chi connectivity index (χ1) is 11.5. The van der Waals surface area contributed by atoms with Crippen molar-refractivity contribution in [3.63, 3.8) is 0 Å². The standard InChI is InChI=1S/C19H18N2O3/c1-3-11-24-17-9-7-15(8-10-17)19(23)21(2)13-14-5-4-6-16(12-14)18(20)22/h1,4-10,12H,11,13H2,2H3,(H2,20,22). The highest BCUT2D eigenvalue weighted by Gasteiger charge is 2.13. The molecule has 0 fully saturated rings. The Bertz CT molecular complexity index is 776. The second kappa shape index (κ2) is 7.84. The summed E-state index contributed by atoms with van der Waals surface area (Å²) < 4.78 is 5.28. The number of carbonyl (C=O) groups is 2. The zero-order valence-corrected chi connectivity index (χ0v) is 13.4. The van der Waals surface area contributed by atoms with Crippen molar-refractivity contribution in [2.24, 2.45) is 5.73 Å². The zero-order chi connectivity index (χ0) is 17.5. The molecule has 5 nitrogen and oxygen atoms in total. The van der Waals surface area contributed by atoms with Crippen molar-refractivity contribution in [1.29, 1.82) is 0 Å². The lowest BCUT2D eigenvalue weighted by Crippen LogP contribution is -2.26. The van der Waals surface area contributed by atoms with Gasteiger partial charge in [-0.2, -0.15) is 0 Å². The second-order valence-corrected chi connectivity index (χ2v) is 5.24. The SMILES string of the molecule is C#CCOc1ccc(C(=O)N(C)Cc2cccc(C(N)=O)c2)cc1.